The van der Waals surface area contributed by atoms with Gasteiger partial charge in [-0.1, -0.05) is 51.2 Å². The van der Waals surface area contributed by atoms with E-state index in [4.69, 9.17) is 5.73 Å². The Morgan fingerprint density at radius 1 is 0.944 bits per heavy atom. The molecule has 0 unspecified atom stereocenters. The number of unbranched alkanes of at least 4 members (excludes halogenated alkanes) is 5. The minimum absolute atomic E-state index is 0.894. The normalized spacial score (nSPS) is 10.6. The van der Waals surface area contributed by atoms with Crippen molar-refractivity contribution in [2.24, 2.45) is 0 Å². The van der Waals surface area contributed by atoms with Gasteiger partial charge in [0.05, 0.1) is 11.4 Å². The molecule has 0 fully saturated rings. The first-order valence-electron chi connectivity index (χ1n) is 7.39. The van der Waals surface area contributed by atoms with Gasteiger partial charge in [-0.15, -0.1) is 0 Å². The lowest BCUT2D eigenvalue weighted by Gasteiger charge is -2.24. The number of benzene rings is 1. The van der Waals surface area contributed by atoms with Gasteiger partial charge in [-0.25, -0.2) is 0 Å². The Morgan fingerprint density at radius 2 is 1.61 bits per heavy atom. The van der Waals surface area contributed by atoms with Crippen LogP contribution in [0.2, 0.25) is 0 Å². The number of para-hydroxylation sites is 2. The van der Waals surface area contributed by atoms with Crippen molar-refractivity contribution < 1.29 is 0 Å². The summed E-state index contributed by atoms with van der Waals surface area (Å²) < 4.78 is 0. The van der Waals surface area contributed by atoms with E-state index in [1.165, 1.54) is 44.2 Å². The number of hydrogen-bond donors (Lipinski definition) is 1. The molecule has 18 heavy (non-hydrogen) atoms. The first kappa shape index (κ1) is 14.9. The molecule has 1 rings (SSSR count). The van der Waals surface area contributed by atoms with Crippen LogP contribution < -0.4 is 10.6 Å². The standard InChI is InChI=1S/C16H28N2/c1-3-5-6-7-8-11-14-18(4-2)16-13-10-9-12-15(16)17/h9-10,12-13H,3-8,11,14,17H2,1-2H3. The number of nitrogen functional groups attached to an aromatic ring is 1. The average Bonchev–Trinajstić information content (AvgIpc) is 2.39. The van der Waals surface area contributed by atoms with Gasteiger partial charge >= 0.3 is 0 Å². The van der Waals surface area contributed by atoms with Crippen molar-refractivity contribution in [1.82, 2.24) is 0 Å². The summed E-state index contributed by atoms with van der Waals surface area (Å²) in [7, 11) is 0. The molecule has 2 heteroatoms. The van der Waals surface area contributed by atoms with Gasteiger partial charge in [-0.2, -0.15) is 0 Å². The van der Waals surface area contributed by atoms with Gasteiger partial charge in [0.15, 0.2) is 0 Å². The molecular weight excluding hydrogens is 220 g/mol. The van der Waals surface area contributed by atoms with Crippen LogP contribution in [-0.4, -0.2) is 13.1 Å². The molecule has 0 saturated heterocycles. The fraction of sp³-hybridized carbons (Fsp3) is 0.625. The third-order valence-electron chi connectivity index (χ3n) is 3.44. The molecule has 0 heterocycles. The second-order valence-corrected chi connectivity index (χ2v) is 4.91. The minimum atomic E-state index is 0.894. The molecule has 2 N–H and O–H groups in total. The van der Waals surface area contributed by atoms with E-state index < -0.39 is 0 Å². The monoisotopic (exact) mass is 248 g/mol. The maximum Gasteiger partial charge on any atom is 0.0599 e. The molecule has 0 atom stereocenters. The topological polar surface area (TPSA) is 29.3 Å². The van der Waals surface area contributed by atoms with E-state index in [9.17, 15) is 0 Å². The highest BCUT2D eigenvalue weighted by Crippen LogP contribution is 2.22. The van der Waals surface area contributed by atoms with E-state index in [0.29, 0.717) is 0 Å². The Labute approximate surface area is 112 Å². The Morgan fingerprint density at radius 3 is 2.28 bits per heavy atom. The summed E-state index contributed by atoms with van der Waals surface area (Å²) in [6.07, 6.45) is 8.06. The highest BCUT2D eigenvalue weighted by atomic mass is 15.1. The molecule has 0 radical (unpaired) electrons. The second kappa shape index (κ2) is 8.84. The first-order chi connectivity index (χ1) is 8.79. The molecule has 1 aromatic rings. The first-order valence-corrected chi connectivity index (χ1v) is 7.39. The van der Waals surface area contributed by atoms with Gasteiger partial charge in [0, 0.05) is 13.1 Å². The molecule has 0 bridgehead atoms. The predicted octanol–water partition coefficient (Wildman–Crippen LogP) is 4.46. The van der Waals surface area contributed by atoms with Crippen LogP contribution in [0.1, 0.15) is 52.4 Å². The third-order valence-corrected chi connectivity index (χ3v) is 3.44. The van der Waals surface area contributed by atoms with Crippen molar-refractivity contribution >= 4 is 11.4 Å². The SMILES string of the molecule is CCCCCCCCN(CC)c1ccccc1N. The van der Waals surface area contributed by atoms with Crippen molar-refractivity contribution in [3.05, 3.63) is 24.3 Å². The molecular formula is C16H28N2. The highest BCUT2D eigenvalue weighted by Gasteiger charge is 2.06. The molecule has 0 saturated carbocycles. The predicted molar refractivity (Wildman–Crippen MR) is 82.1 cm³/mol. The number of nitrogens with zero attached hydrogens (tertiary/aromatic N) is 1. The van der Waals surface area contributed by atoms with Gasteiger partial charge in [-0.3, -0.25) is 0 Å². The van der Waals surface area contributed by atoms with Crippen LogP contribution in [0.3, 0.4) is 0 Å². The van der Waals surface area contributed by atoms with E-state index in [0.717, 1.165) is 18.8 Å². The van der Waals surface area contributed by atoms with Crippen LogP contribution in [0.25, 0.3) is 0 Å². The fourth-order valence-corrected chi connectivity index (χ4v) is 2.31. The van der Waals surface area contributed by atoms with E-state index in [-0.39, 0.29) is 0 Å². The molecule has 0 aromatic heterocycles. The van der Waals surface area contributed by atoms with Crippen molar-refractivity contribution in [2.45, 2.75) is 52.4 Å². The summed E-state index contributed by atoms with van der Waals surface area (Å²) in [4.78, 5) is 2.38. The van der Waals surface area contributed by atoms with E-state index in [1.807, 2.05) is 12.1 Å². The van der Waals surface area contributed by atoms with Crippen molar-refractivity contribution in [3.8, 4) is 0 Å². The van der Waals surface area contributed by atoms with Crippen LogP contribution in [0.5, 0.6) is 0 Å². The number of hydrogen-bond acceptors (Lipinski definition) is 2. The third kappa shape index (κ3) is 4.99. The summed E-state index contributed by atoms with van der Waals surface area (Å²) in [5.74, 6) is 0. The maximum atomic E-state index is 6.03. The Balaban J connectivity index is 2.32. The summed E-state index contributed by atoms with van der Waals surface area (Å²) in [5, 5.41) is 0. The van der Waals surface area contributed by atoms with Gasteiger partial charge < -0.3 is 10.6 Å². The van der Waals surface area contributed by atoms with E-state index >= 15 is 0 Å². The van der Waals surface area contributed by atoms with Gasteiger partial charge in [-0.05, 0) is 25.5 Å². The Hall–Kier alpha value is -1.18. The molecule has 0 aliphatic heterocycles. The Bertz CT molecular complexity index is 323. The zero-order valence-corrected chi connectivity index (χ0v) is 12.0. The van der Waals surface area contributed by atoms with Gasteiger partial charge in [0.25, 0.3) is 0 Å². The lowest BCUT2D eigenvalue weighted by Crippen LogP contribution is -2.24. The molecule has 0 amide bonds. The zero-order chi connectivity index (χ0) is 13.2. The molecule has 1 aromatic carbocycles. The lowest BCUT2D eigenvalue weighted by molar-refractivity contribution is 0.601. The summed E-state index contributed by atoms with van der Waals surface area (Å²) >= 11 is 0. The lowest BCUT2D eigenvalue weighted by atomic mass is 10.1. The van der Waals surface area contributed by atoms with Crippen LogP contribution in [-0.2, 0) is 0 Å². The molecule has 102 valence electrons. The van der Waals surface area contributed by atoms with E-state index in [2.05, 4.69) is 30.9 Å². The summed E-state index contributed by atoms with van der Waals surface area (Å²) in [5.41, 5.74) is 8.11. The highest BCUT2D eigenvalue weighted by molar-refractivity contribution is 5.67. The smallest absolute Gasteiger partial charge is 0.0599 e. The molecule has 0 aliphatic carbocycles. The van der Waals surface area contributed by atoms with Crippen molar-refractivity contribution in [3.63, 3.8) is 0 Å². The molecule has 2 nitrogen and oxygen atoms in total. The van der Waals surface area contributed by atoms with Crippen LogP contribution in [0.15, 0.2) is 24.3 Å². The molecule has 0 aliphatic rings. The van der Waals surface area contributed by atoms with Crippen LogP contribution in [0, 0.1) is 0 Å². The average molecular weight is 248 g/mol. The van der Waals surface area contributed by atoms with Crippen molar-refractivity contribution in [1.29, 1.82) is 0 Å². The summed E-state index contributed by atoms with van der Waals surface area (Å²) in [6, 6.07) is 8.17. The minimum Gasteiger partial charge on any atom is -0.397 e. The molecule has 0 spiro atoms. The van der Waals surface area contributed by atoms with Crippen LogP contribution in [0.4, 0.5) is 11.4 Å². The number of nitrogens with two attached hydrogens (primary N) is 1. The Kier molecular flexibility index (Phi) is 7.31. The largest absolute Gasteiger partial charge is 0.397 e. The van der Waals surface area contributed by atoms with E-state index in [1.54, 1.807) is 0 Å². The van der Waals surface area contributed by atoms with Gasteiger partial charge in [0.2, 0.25) is 0 Å². The number of rotatable bonds is 9. The number of anilines is 2. The zero-order valence-electron chi connectivity index (χ0n) is 12.0. The fourth-order valence-electron chi connectivity index (χ4n) is 2.31. The maximum absolute atomic E-state index is 6.03. The second-order valence-electron chi connectivity index (χ2n) is 4.91. The quantitative estimate of drug-likeness (QED) is 0.516. The summed E-state index contributed by atoms with van der Waals surface area (Å²) in [6.45, 7) is 6.61. The van der Waals surface area contributed by atoms with Crippen LogP contribution >= 0.6 is 0 Å². The van der Waals surface area contributed by atoms with Crippen molar-refractivity contribution in [2.75, 3.05) is 23.7 Å². The van der Waals surface area contributed by atoms with Gasteiger partial charge in [0.1, 0.15) is 0 Å².